The maximum absolute atomic E-state index is 12.4. The van der Waals surface area contributed by atoms with Crippen molar-refractivity contribution in [2.75, 3.05) is 5.32 Å². The van der Waals surface area contributed by atoms with Gasteiger partial charge < -0.3 is 5.32 Å². The van der Waals surface area contributed by atoms with E-state index >= 15 is 0 Å². The first-order valence-electron chi connectivity index (χ1n) is 7.70. The number of benzene rings is 2. The zero-order chi connectivity index (χ0) is 18.1. The summed E-state index contributed by atoms with van der Waals surface area (Å²) in [6.45, 7) is -0.0839. The normalized spacial score (nSPS) is 11.0. The standard InChI is InChI=1S/C18H12ClN3O2S2/c19-12-6-7-14-13(8-12)22(18(24)26-14)10-16(23)21-17-20-9-15(25-17)11-4-2-1-3-5-11/h1-9H,10H2,(H,20,21,23). The number of aromatic nitrogens is 2. The van der Waals surface area contributed by atoms with Crippen LogP contribution in [0.4, 0.5) is 5.13 Å². The smallest absolute Gasteiger partial charge is 0.300 e. The monoisotopic (exact) mass is 401 g/mol. The molecule has 0 unspecified atom stereocenters. The average molecular weight is 402 g/mol. The van der Waals surface area contributed by atoms with Gasteiger partial charge in [0, 0.05) is 11.2 Å². The Hall–Kier alpha value is -2.48. The van der Waals surface area contributed by atoms with Crippen molar-refractivity contribution in [2.45, 2.75) is 6.54 Å². The van der Waals surface area contributed by atoms with Crippen molar-refractivity contribution in [3.05, 3.63) is 69.4 Å². The van der Waals surface area contributed by atoms with Crippen molar-refractivity contribution in [3.8, 4) is 10.4 Å². The number of thiazole rings is 2. The fourth-order valence-electron chi connectivity index (χ4n) is 2.56. The van der Waals surface area contributed by atoms with Crippen LogP contribution in [0.1, 0.15) is 0 Å². The topological polar surface area (TPSA) is 64.0 Å². The molecule has 2 heterocycles. The van der Waals surface area contributed by atoms with Crippen LogP contribution in [-0.4, -0.2) is 15.5 Å². The average Bonchev–Trinajstić information content (AvgIpc) is 3.21. The van der Waals surface area contributed by atoms with Gasteiger partial charge in [-0.3, -0.25) is 14.2 Å². The third-order valence-corrected chi connectivity index (χ3v) is 5.90. The van der Waals surface area contributed by atoms with Crippen LogP contribution in [0.5, 0.6) is 0 Å². The molecule has 5 nitrogen and oxygen atoms in total. The van der Waals surface area contributed by atoms with Gasteiger partial charge in [0.05, 0.1) is 15.1 Å². The van der Waals surface area contributed by atoms with Gasteiger partial charge in [-0.15, -0.1) is 0 Å². The second-order valence-electron chi connectivity index (χ2n) is 5.51. The van der Waals surface area contributed by atoms with Gasteiger partial charge >= 0.3 is 4.87 Å². The van der Waals surface area contributed by atoms with Gasteiger partial charge in [-0.1, -0.05) is 64.6 Å². The van der Waals surface area contributed by atoms with Crippen molar-refractivity contribution >= 4 is 55.5 Å². The fourth-order valence-corrected chi connectivity index (χ4v) is 4.43. The summed E-state index contributed by atoms with van der Waals surface area (Å²) >= 11 is 8.49. The summed E-state index contributed by atoms with van der Waals surface area (Å²) in [7, 11) is 0. The number of halogens is 1. The Bertz CT molecular complexity index is 1150. The first-order valence-corrected chi connectivity index (χ1v) is 9.71. The lowest BCUT2D eigenvalue weighted by Gasteiger charge is -2.04. The maximum Gasteiger partial charge on any atom is 0.308 e. The summed E-state index contributed by atoms with van der Waals surface area (Å²) in [5.74, 6) is -0.305. The molecular weight excluding hydrogens is 390 g/mol. The largest absolute Gasteiger partial charge is 0.308 e. The number of fused-ring (bicyclic) bond motifs is 1. The number of amides is 1. The molecule has 2 aromatic carbocycles. The van der Waals surface area contributed by atoms with Crippen molar-refractivity contribution in [2.24, 2.45) is 0 Å². The lowest BCUT2D eigenvalue weighted by atomic mass is 10.2. The van der Waals surface area contributed by atoms with E-state index in [1.807, 2.05) is 30.3 Å². The molecule has 0 saturated heterocycles. The molecule has 4 rings (SSSR count). The summed E-state index contributed by atoms with van der Waals surface area (Å²) in [5.41, 5.74) is 1.70. The summed E-state index contributed by atoms with van der Waals surface area (Å²) in [6, 6.07) is 15.0. The SMILES string of the molecule is O=C(Cn1c(=O)sc2ccc(Cl)cc21)Nc1ncc(-c2ccccc2)s1. The molecule has 1 N–H and O–H groups in total. The summed E-state index contributed by atoms with van der Waals surface area (Å²) in [5, 5.41) is 3.78. The van der Waals surface area contributed by atoms with E-state index in [1.54, 1.807) is 24.4 Å². The molecule has 0 atom stereocenters. The molecule has 0 aliphatic rings. The van der Waals surface area contributed by atoms with Gasteiger partial charge in [0.2, 0.25) is 5.91 Å². The Kier molecular flexibility index (Phi) is 4.58. The zero-order valence-corrected chi connectivity index (χ0v) is 15.7. The molecule has 1 amide bonds. The number of nitrogens with zero attached hydrogens (tertiary/aromatic N) is 2. The third-order valence-electron chi connectivity index (χ3n) is 3.74. The molecule has 0 aliphatic carbocycles. The number of rotatable bonds is 4. The molecule has 0 bridgehead atoms. The number of carbonyl (C=O) groups excluding carboxylic acids is 1. The molecule has 4 aromatic rings. The van der Waals surface area contributed by atoms with E-state index < -0.39 is 0 Å². The first kappa shape index (κ1) is 17.0. The number of carbonyl (C=O) groups is 1. The molecule has 0 radical (unpaired) electrons. The second-order valence-corrected chi connectivity index (χ2v) is 7.97. The molecule has 8 heteroatoms. The Balaban J connectivity index is 1.53. The highest BCUT2D eigenvalue weighted by Gasteiger charge is 2.13. The predicted molar refractivity (Wildman–Crippen MR) is 107 cm³/mol. The maximum atomic E-state index is 12.4. The Labute approximate surface area is 161 Å². The predicted octanol–water partition coefficient (Wildman–Crippen LogP) is 4.48. The van der Waals surface area contributed by atoms with Crippen LogP contribution in [-0.2, 0) is 11.3 Å². The number of hydrogen-bond acceptors (Lipinski definition) is 5. The van der Waals surface area contributed by atoms with Crippen LogP contribution in [0.2, 0.25) is 5.02 Å². The van der Waals surface area contributed by atoms with Crippen LogP contribution in [0.15, 0.2) is 59.5 Å². The number of nitrogens with one attached hydrogen (secondary N) is 1. The lowest BCUT2D eigenvalue weighted by Crippen LogP contribution is -2.24. The quantitative estimate of drug-likeness (QED) is 0.548. The number of hydrogen-bond donors (Lipinski definition) is 1. The van der Waals surface area contributed by atoms with Crippen LogP contribution in [0.25, 0.3) is 20.7 Å². The molecule has 0 fully saturated rings. The minimum absolute atomic E-state index is 0.0839. The summed E-state index contributed by atoms with van der Waals surface area (Å²) in [6.07, 6.45) is 1.72. The first-order chi connectivity index (χ1) is 12.6. The third kappa shape index (κ3) is 3.41. The zero-order valence-electron chi connectivity index (χ0n) is 13.3. The van der Waals surface area contributed by atoms with E-state index in [2.05, 4.69) is 10.3 Å². The number of anilines is 1. The van der Waals surface area contributed by atoms with E-state index in [4.69, 9.17) is 11.6 Å². The van der Waals surface area contributed by atoms with Crippen LogP contribution in [0.3, 0.4) is 0 Å². The van der Waals surface area contributed by atoms with Crippen LogP contribution < -0.4 is 10.2 Å². The molecule has 0 spiro atoms. The lowest BCUT2D eigenvalue weighted by molar-refractivity contribution is -0.116. The Morgan fingerprint density at radius 2 is 1.96 bits per heavy atom. The molecule has 2 aromatic heterocycles. The second kappa shape index (κ2) is 7.03. The van der Waals surface area contributed by atoms with Crippen molar-refractivity contribution in [1.29, 1.82) is 0 Å². The van der Waals surface area contributed by atoms with Crippen molar-refractivity contribution < 1.29 is 4.79 Å². The molecular formula is C18H12ClN3O2S2. The minimum Gasteiger partial charge on any atom is -0.300 e. The molecule has 130 valence electrons. The van der Waals surface area contributed by atoms with E-state index in [1.165, 1.54) is 15.9 Å². The van der Waals surface area contributed by atoms with Gasteiger partial charge in [0.1, 0.15) is 6.54 Å². The van der Waals surface area contributed by atoms with E-state index in [0.717, 1.165) is 26.5 Å². The molecule has 0 aliphatic heterocycles. The van der Waals surface area contributed by atoms with Crippen LogP contribution >= 0.6 is 34.3 Å². The highest BCUT2D eigenvalue weighted by molar-refractivity contribution is 7.19. The van der Waals surface area contributed by atoms with Gasteiger partial charge in [-0.25, -0.2) is 4.98 Å². The Morgan fingerprint density at radius 3 is 2.77 bits per heavy atom. The molecule has 26 heavy (non-hydrogen) atoms. The van der Waals surface area contributed by atoms with Crippen molar-refractivity contribution in [3.63, 3.8) is 0 Å². The highest BCUT2D eigenvalue weighted by atomic mass is 35.5. The van der Waals surface area contributed by atoms with Gasteiger partial charge in [0.25, 0.3) is 0 Å². The minimum atomic E-state index is -0.305. The highest BCUT2D eigenvalue weighted by Crippen LogP contribution is 2.28. The van der Waals surface area contributed by atoms with Crippen molar-refractivity contribution in [1.82, 2.24) is 9.55 Å². The fraction of sp³-hybridized carbons (Fsp3) is 0.0556. The summed E-state index contributed by atoms with van der Waals surface area (Å²) < 4.78 is 2.22. The van der Waals surface area contributed by atoms with E-state index in [0.29, 0.717) is 15.7 Å². The summed E-state index contributed by atoms with van der Waals surface area (Å²) in [4.78, 5) is 29.6. The van der Waals surface area contributed by atoms with E-state index in [-0.39, 0.29) is 17.3 Å². The van der Waals surface area contributed by atoms with E-state index in [9.17, 15) is 9.59 Å². The molecule has 0 saturated carbocycles. The van der Waals surface area contributed by atoms with Gasteiger partial charge in [-0.05, 0) is 23.8 Å². The van der Waals surface area contributed by atoms with Gasteiger partial charge in [0.15, 0.2) is 5.13 Å². The Morgan fingerprint density at radius 1 is 1.15 bits per heavy atom. The van der Waals surface area contributed by atoms with Gasteiger partial charge in [-0.2, -0.15) is 0 Å². The van der Waals surface area contributed by atoms with Crippen LogP contribution in [0, 0.1) is 0 Å².